The first-order chi connectivity index (χ1) is 24.6. The first kappa shape index (κ1) is 33.2. The van der Waals surface area contributed by atoms with E-state index in [9.17, 15) is 9.59 Å². The van der Waals surface area contributed by atoms with Crippen LogP contribution in [0.5, 0.6) is 0 Å². The SMILES string of the molecule is COC(=O)NCC(=O)N1[C@@H]2CCC[C@@H](C2)[C@@]1(C)c1ncc(-c2ccc3cc(-c4ccc(-c5cnc(CN(C)CC6(C)CC6)[nH]5)cc4)ccc3c2)[nH]1. The van der Waals surface area contributed by atoms with Crippen molar-refractivity contribution in [2.75, 3.05) is 27.2 Å². The van der Waals surface area contributed by atoms with Crippen LogP contribution in [0.1, 0.15) is 64.0 Å². The van der Waals surface area contributed by atoms with Crippen LogP contribution in [0.2, 0.25) is 0 Å². The number of aromatic amines is 2. The number of hydrogen-bond acceptors (Lipinski definition) is 6. The van der Waals surface area contributed by atoms with Gasteiger partial charge in [0.25, 0.3) is 0 Å². The van der Waals surface area contributed by atoms with Gasteiger partial charge in [0.1, 0.15) is 23.7 Å². The molecule has 5 aromatic rings. The molecule has 0 radical (unpaired) electrons. The lowest BCUT2D eigenvalue weighted by Crippen LogP contribution is -2.52. The van der Waals surface area contributed by atoms with E-state index in [0.717, 1.165) is 94.8 Å². The van der Waals surface area contributed by atoms with Gasteiger partial charge in [-0.15, -0.1) is 0 Å². The minimum atomic E-state index is -0.607. The van der Waals surface area contributed by atoms with Crippen LogP contribution in [0.15, 0.2) is 73.1 Å². The van der Waals surface area contributed by atoms with Crippen molar-refractivity contribution in [3.8, 4) is 33.6 Å². The molecule has 10 nitrogen and oxygen atoms in total. The van der Waals surface area contributed by atoms with Crippen LogP contribution in [0.25, 0.3) is 44.4 Å². The van der Waals surface area contributed by atoms with Gasteiger partial charge in [0, 0.05) is 18.2 Å². The molecule has 3 N–H and O–H groups in total. The van der Waals surface area contributed by atoms with Gasteiger partial charge in [-0.25, -0.2) is 14.8 Å². The number of hydrogen-bond donors (Lipinski definition) is 3. The van der Waals surface area contributed by atoms with Gasteiger partial charge in [-0.2, -0.15) is 0 Å². The third kappa shape index (κ3) is 6.42. The van der Waals surface area contributed by atoms with Crippen molar-refractivity contribution in [2.24, 2.45) is 11.3 Å². The molecule has 3 aliphatic rings. The topological polar surface area (TPSA) is 119 Å². The lowest BCUT2D eigenvalue weighted by molar-refractivity contribution is -0.137. The van der Waals surface area contributed by atoms with E-state index in [0.29, 0.717) is 11.3 Å². The molecular formula is C41H47N7O3. The van der Waals surface area contributed by atoms with Crippen molar-refractivity contribution in [2.45, 2.75) is 70.5 Å². The van der Waals surface area contributed by atoms with E-state index in [1.807, 2.05) is 17.3 Å². The number of alkyl carbamates (subject to hydrolysis) is 1. The summed E-state index contributed by atoms with van der Waals surface area (Å²) in [4.78, 5) is 46.2. The van der Waals surface area contributed by atoms with Crippen molar-refractivity contribution >= 4 is 22.8 Å². The number of ether oxygens (including phenoxy) is 1. The molecule has 2 amide bonds. The molecule has 3 atom stereocenters. The maximum Gasteiger partial charge on any atom is 0.407 e. The number of amides is 2. The normalized spacial score (nSPS) is 22.0. The fourth-order valence-electron chi connectivity index (χ4n) is 8.64. The minimum Gasteiger partial charge on any atom is -0.453 e. The molecule has 264 valence electrons. The van der Waals surface area contributed by atoms with Crippen LogP contribution in [0, 0.1) is 11.3 Å². The largest absolute Gasteiger partial charge is 0.453 e. The Labute approximate surface area is 299 Å². The van der Waals surface area contributed by atoms with E-state index in [-0.39, 0.29) is 18.5 Å². The van der Waals surface area contributed by atoms with E-state index >= 15 is 0 Å². The minimum absolute atomic E-state index is 0.0986. The number of imidazole rings is 2. The number of fused-ring (bicyclic) bond motifs is 3. The summed E-state index contributed by atoms with van der Waals surface area (Å²) in [6.07, 6.45) is 9.88. The summed E-state index contributed by atoms with van der Waals surface area (Å²) in [6.45, 7) is 6.32. The van der Waals surface area contributed by atoms with Crippen molar-refractivity contribution < 1.29 is 14.3 Å². The second kappa shape index (κ2) is 13.0. The third-order valence-electron chi connectivity index (χ3n) is 11.7. The van der Waals surface area contributed by atoms with E-state index < -0.39 is 11.6 Å². The number of nitrogens with zero attached hydrogens (tertiary/aromatic N) is 4. The number of nitrogens with one attached hydrogen (secondary N) is 3. The Morgan fingerprint density at radius 3 is 2.31 bits per heavy atom. The molecule has 3 fully saturated rings. The number of benzene rings is 3. The molecule has 3 heterocycles. The summed E-state index contributed by atoms with van der Waals surface area (Å²) in [6, 6.07) is 21.9. The predicted molar refractivity (Wildman–Crippen MR) is 199 cm³/mol. The third-order valence-corrected chi connectivity index (χ3v) is 11.7. The molecule has 8 rings (SSSR count). The highest BCUT2D eigenvalue weighted by Crippen LogP contribution is 2.52. The van der Waals surface area contributed by atoms with Gasteiger partial charge in [0.15, 0.2) is 0 Å². The van der Waals surface area contributed by atoms with Gasteiger partial charge in [-0.3, -0.25) is 9.69 Å². The average Bonchev–Trinajstić information content (AvgIpc) is 3.46. The Morgan fingerprint density at radius 2 is 1.57 bits per heavy atom. The lowest BCUT2D eigenvalue weighted by Gasteiger charge is -2.38. The van der Waals surface area contributed by atoms with Crippen LogP contribution in [-0.4, -0.2) is 75.0 Å². The number of carbonyl (C=O) groups is 2. The Bertz CT molecular complexity index is 2080. The van der Waals surface area contributed by atoms with Gasteiger partial charge in [-0.1, -0.05) is 61.9 Å². The second-order valence-corrected chi connectivity index (χ2v) is 15.5. The van der Waals surface area contributed by atoms with Crippen molar-refractivity contribution in [3.63, 3.8) is 0 Å². The van der Waals surface area contributed by atoms with E-state index in [2.05, 4.69) is 107 Å². The second-order valence-electron chi connectivity index (χ2n) is 15.5. The lowest BCUT2D eigenvalue weighted by atomic mass is 9.79. The number of likely N-dealkylation sites (tertiary alicyclic amines) is 1. The summed E-state index contributed by atoms with van der Waals surface area (Å²) < 4.78 is 4.69. The summed E-state index contributed by atoms with van der Waals surface area (Å²) in [5, 5.41) is 4.88. The zero-order valence-electron chi connectivity index (χ0n) is 30.0. The molecule has 1 aliphatic heterocycles. The monoisotopic (exact) mass is 685 g/mol. The van der Waals surface area contributed by atoms with Gasteiger partial charge in [-0.05, 0) is 97.0 Å². The van der Waals surface area contributed by atoms with Gasteiger partial charge >= 0.3 is 6.09 Å². The van der Waals surface area contributed by atoms with E-state index in [1.165, 1.54) is 20.0 Å². The van der Waals surface area contributed by atoms with Crippen molar-refractivity contribution in [1.29, 1.82) is 0 Å². The molecule has 51 heavy (non-hydrogen) atoms. The maximum absolute atomic E-state index is 13.5. The highest BCUT2D eigenvalue weighted by molar-refractivity contribution is 5.90. The fourth-order valence-corrected chi connectivity index (χ4v) is 8.64. The molecule has 2 saturated carbocycles. The number of methoxy groups -OCH3 is 1. The zero-order chi connectivity index (χ0) is 35.3. The van der Waals surface area contributed by atoms with Crippen molar-refractivity contribution in [3.05, 3.63) is 84.7 Å². The molecule has 2 bridgehead atoms. The number of aromatic nitrogens is 4. The molecule has 0 spiro atoms. The van der Waals surface area contributed by atoms with Gasteiger partial charge in [0.05, 0.1) is 37.4 Å². The first-order valence-electron chi connectivity index (χ1n) is 18.2. The Hall–Kier alpha value is -4.96. The number of rotatable bonds is 10. The molecule has 0 unspecified atom stereocenters. The fraction of sp³-hybridized carbons (Fsp3) is 0.415. The molecular weight excluding hydrogens is 638 g/mol. The first-order valence-corrected chi connectivity index (χ1v) is 18.2. The van der Waals surface area contributed by atoms with Crippen LogP contribution >= 0.6 is 0 Å². The summed E-state index contributed by atoms with van der Waals surface area (Å²) in [5.41, 5.74) is 6.35. The summed E-state index contributed by atoms with van der Waals surface area (Å²) in [5.74, 6) is 1.97. The Kier molecular flexibility index (Phi) is 8.45. The molecule has 1 saturated heterocycles. The summed E-state index contributed by atoms with van der Waals surface area (Å²) in [7, 11) is 3.48. The van der Waals surface area contributed by atoms with Crippen LogP contribution in [-0.2, 0) is 21.6 Å². The highest BCUT2D eigenvalue weighted by atomic mass is 16.5. The number of H-pyrrole nitrogens is 2. The maximum atomic E-state index is 13.5. The smallest absolute Gasteiger partial charge is 0.407 e. The average molecular weight is 686 g/mol. The number of carbonyl (C=O) groups excluding carboxylic acids is 2. The predicted octanol–water partition coefficient (Wildman–Crippen LogP) is 7.49. The molecule has 3 aromatic carbocycles. The summed E-state index contributed by atoms with van der Waals surface area (Å²) >= 11 is 0. The quantitative estimate of drug-likeness (QED) is 0.140. The van der Waals surface area contributed by atoms with Crippen LogP contribution in [0.3, 0.4) is 0 Å². The van der Waals surface area contributed by atoms with E-state index in [1.54, 1.807) is 0 Å². The highest BCUT2D eigenvalue weighted by Gasteiger charge is 2.56. The van der Waals surface area contributed by atoms with Crippen LogP contribution in [0.4, 0.5) is 4.79 Å². The van der Waals surface area contributed by atoms with E-state index in [4.69, 9.17) is 9.72 Å². The van der Waals surface area contributed by atoms with Crippen LogP contribution < -0.4 is 5.32 Å². The van der Waals surface area contributed by atoms with Gasteiger partial charge < -0.3 is 24.9 Å². The molecule has 10 heteroatoms. The Morgan fingerprint density at radius 1 is 0.902 bits per heavy atom. The molecule has 2 aliphatic carbocycles. The van der Waals surface area contributed by atoms with Crippen molar-refractivity contribution in [1.82, 2.24) is 35.1 Å². The van der Waals surface area contributed by atoms with Gasteiger partial charge in [0.2, 0.25) is 5.91 Å². The zero-order valence-corrected chi connectivity index (χ0v) is 30.0. The standard InChI is InChI=1S/C41H47N7O3/c1-40(16-17-40)25-47(3)24-36-42-21-34(45-36)27-10-8-26(9-11-27)28-12-13-30-19-31(15-14-29(30)18-28)35-22-43-38(46-35)41(2)32-6-5-7-33(20-32)48(41)37(49)23-44-39(50)51-4/h8-15,18-19,21-22,32-33H,5-7,16-17,20,23-25H2,1-4H3,(H,42,45)(H,43,46)(H,44,50)/t32-,33+,41-/m0/s1. The Balaban J connectivity index is 0.976. The molecule has 2 aromatic heterocycles.